The van der Waals surface area contributed by atoms with Crippen LogP contribution in [0.3, 0.4) is 0 Å². The minimum Gasteiger partial charge on any atom is -0.486 e. The van der Waals surface area contributed by atoms with Gasteiger partial charge in [0.15, 0.2) is 34.4 Å². The molecule has 3 aromatic heterocycles. The van der Waals surface area contributed by atoms with Crippen LogP contribution in [0.25, 0.3) is 5.69 Å². The normalized spacial score (nSPS) is 14.9. The van der Waals surface area contributed by atoms with E-state index in [9.17, 15) is 63.2 Å². The smallest absolute Gasteiger partial charge is 0.349 e. The molecule has 0 saturated heterocycles. The fraction of sp³-hybridized carbons (Fsp3) is 0.300. The van der Waals surface area contributed by atoms with E-state index in [1.165, 1.54) is 17.6 Å². The molecule has 7 aromatic rings. The van der Waals surface area contributed by atoms with Crippen molar-refractivity contribution in [3.63, 3.8) is 0 Å². The predicted molar refractivity (Wildman–Crippen MR) is 347 cm³/mol. The van der Waals surface area contributed by atoms with E-state index in [1.807, 2.05) is 36.4 Å². The highest BCUT2D eigenvalue weighted by atomic mass is 79.9. The maximum Gasteiger partial charge on any atom is 0.349 e. The lowest BCUT2D eigenvalue weighted by Gasteiger charge is -2.20. The van der Waals surface area contributed by atoms with Gasteiger partial charge in [-0.1, -0.05) is 123 Å². The Morgan fingerprint density at radius 3 is 1.45 bits per heavy atom. The Balaban J connectivity index is 0.000000201. The average Bonchev–Trinajstić information content (AvgIpc) is 1.54. The van der Waals surface area contributed by atoms with Crippen molar-refractivity contribution in [3.05, 3.63) is 172 Å². The molecule has 3 heterocycles. The van der Waals surface area contributed by atoms with Gasteiger partial charge in [0.25, 0.3) is 24.3 Å². The average molecular weight is 1530 g/mol. The van der Waals surface area contributed by atoms with Crippen molar-refractivity contribution in [2.24, 2.45) is 17.6 Å². The molecule has 4 saturated carbocycles. The van der Waals surface area contributed by atoms with Gasteiger partial charge in [-0.25, -0.2) is 63.4 Å². The Morgan fingerprint density at radius 1 is 0.670 bits per heavy atom. The van der Waals surface area contributed by atoms with Gasteiger partial charge in [-0.3, -0.25) is 34.9 Å². The van der Waals surface area contributed by atoms with Crippen LogP contribution in [0.5, 0.6) is 34.8 Å². The van der Waals surface area contributed by atoms with Crippen molar-refractivity contribution < 1.29 is 72.5 Å². The highest BCUT2D eigenvalue weighted by Crippen LogP contribution is 2.44. The molecule has 0 radical (unpaired) electrons. The number of halogens is 9. The van der Waals surface area contributed by atoms with Crippen LogP contribution in [0.4, 0.5) is 22.4 Å². The highest BCUT2D eigenvalue weighted by Gasteiger charge is 2.49. The van der Waals surface area contributed by atoms with Crippen LogP contribution < -0.4 is 61.3 Å². The number of nitrogens with two attached hydrogens (primary N) is 1. The Hall–Kier alpha value is -8.28. The number of nitrogens with one attached hydrogen (secondary N) is 7. The Bertz CT molecular complexity index is 4480. The van der Waals surface area contributed by atoms with Crippen molar-refractivity contribution in [2.45, 2.75) is 98.3 Å². The summed E-state index contributed by atoms with van der Waals surface area (Å²) in [5, 5.41) is 16.8. The molecule has 0 atom stereocenters. The Morgan fingerprint density at radius 2 is 1.08 bits per heavy atom. The lowest BCUT2D eigenvalue weighted by molar-refractivity contribution is -0.123. The summed E-state index contributed by atoms with van der Waals surface area (Å²) in [7, 11) is -8.39. The summed E-state index contributed by atoms with van der Waals surface area (Å²) >= 11 is 28.7. The van der Waals surface area contributed by atoms with E-state index < -0.39 is 78.6 Å². The van der Waals surface area contributed by atoms with E-state index in [4.69, 9.17) is 70.8 Å². The first-order valence-electron chi connectivity index (χ1n) is 28.9. The summed E-state index contributed by atoms with van der Waals surface area (Å²) in [5.41, 5.74) is -0.887. The van der Waals surface area contributed by atoms with Crippen molar-refractivity contribution in [2.75, 3.05) is 13.1 Å². The first-order valence-corrected chi connectivity index (χ1v) is 34.2. The molecule has 37 heteroatoms. The summed E-state index contributed by atoms with van der Waals surface area (Å²) in [6.07, 6.45) is 1.59. The topological polar surface area (TPSA) is 377 Å². The molecule has 4 aromatic carbocycles. The number of imide groups is 1. The van der Waals surface area contributed by atoms with Gasteiger partial charge in [-0.2, -0.15) is 9.78 Å². The third-order valence-corrected chi connectivity index (χ3v) is 19.3. The van der Waals surface area contributed by atoms with E-state index in [0.29, 0.717) is 34.8 Å². The minimum absolute atomic E-state index is 0.0262. The van der Waals surface area contributed by atoms with Crippen LogP contribution in [0, 0.1) is 17.2 Å². The van der Waals surface area contributed by atoms with Gasteiger partial charge in [-0.05, 0) is 86.8 Å². The molecule has 0 spiro atoms. The molecule has 26 nitrogen and oxygen atoms in total. The number of rotatable bonds is 26. The second kappa shape index (κ2) is 31.1. The summed E-state index contributed by atoms with van der Waals surface area (Å²) in [4.78, 5) is 78.2. The van der Waals surface area contributed by atoms with E-state index in [2.05, 4.69) is 56.8 Å². The molecule has 4 aliphatic rings. The van der Waals surface area contributed by atoms with Crippen LogP contribution in [-0.2, 0) is 47.6 Å². The zero-order valence-corrected chi connectivity index (χ0v) is 56.2. The molecule has 11 rings (SSSR count). The second-order valence-corrected chi connectivity index (χ2v) is 28.1. The Labute approximate surface area is 577 Å². The molecule has 0 bridgehead atoms. The number of nitrogens with zero attached hydrogens (tertiary/aromatic N) is 4. The van der Waals surface area contributed by atoms with E-state index in [0.717, 1.165) is 61.2 Å². The summed E-state index contributed by atoms with van der Waals surface area (Å²) < 4.78 is 134. The van der Waals surface area contributed by atoms with Crippen molar-refractivity contribution in [1.29, 1.82) is 5.41 Å². The lowest BCUT2D eigenvalue weighted by Crippen LogP contribution is -2.46. The number of H-pyrrole nitrogens is 1. The number of sulfonamides is 2. The largest absolute Gasteiger partial charge is 0.486 e. The number of primary amides is 1. The number of ether oxygens (including phenoxy) is 4. The minimum atomic E-state index is -4.29. The summed E-state index contributed by atoms with van der Waals surface area (Å²) in [6, 6.07) is 25.0. The maximum absolute atomic E-state index is 13.8. The number of hydrogen-bond donors (Lipinski definition) is 8. The molecule has 0 unspecified atom stereocenters. The lowest BCUT2D eigenvalue weighted by atomic mass is 10.2. The number of carbonyl (C=O) groups is 4. The SMILES string of the molecule is N=C(C(=O)NC(N)=O)C(F)F.O=C(NCC1(NS(=O)(=O)c2cc(Oc3c(Cl)cc(-n4nc(C(F)F)c(=O)[nH]c4=O)cc3Cl)ncc2OCc2ccccc2)CC1)C1CC1.O=C(NCC1(NS(=O)(=O)c2cc(Oc3c(Cl)cc(Br)cc3Cl)ncc2OCc2ccccc2)CC1)C1CC1. The standard InChI is InChI=1S/C30H26Cl2F2N6O7S.C26H24BrCl2N3O5S.C4H5F2N3O2/c31-19-10-18(40-29(43)37-28(42)24(38-40)26(33)34)11-20(32)25(19)47-23-12-22(21(13-35-23)46-14-16-4-2-1-3-5-16)48(44,45)39-30(8-9-30)15-36-27(41)17-6-7-17;27-18-10-19(28)24(20(29)11-18)37-23-12-22(21(13-30-23)36-14-16-4-2-1-3-5-16)38(34,35)32-26(8-9-26)15-31-25(33)17-6-7-17;5-2(6)1(7)3(10)9-4(8)11/h1-5,10-13,17,26,39H,6-9,14-15H2,(H,36,41)(H,37,42,43);1-5,10-13,17,32H,6-9,14-15H2,(H,31,33);2,7H,(H3,8,9,10,11). The van der Waals surface area contributed by atoms with Gasteiger partial charge in [-0.15, -0.1) is 0 Å². The Kier molecular flexibility index (Phi) is 23.4. The molecule has 4 fully saturated rings. The first kappa shape index (κ1) is 73.0. The summed E-state index contributed by atoms with van der Waals surface area (Å²) in [5.74, 6) is -2.01. The van der Waals surface area contributed by atoms with Gasteiger partial charge in [0.2, 0.25) is 43.6 Å². The zero-order chi connectivity index (χ0) is 70.1. The van der Waals surface area contributed by atoms with Crippen LogP contribution in [0.1, 0.15) is 74.6 Å². The molecular formula is C60H55BrCl4F4N12O14S2. The van der Waals surface area contributed by atoms with Crippen molar-refractivity contribution in [1.82, 2.24) is 50.1 Å². The van der Waals surface area contributed by atoms with Gasteiger partial charge < -0.3 is 35.3 Å². The van der Waals surface area contributed by atoms with Gasteiger partial charge in [0, 0.05) is 41.5 Å². The van der Waals surface area contributed by atoms with Gasteiger partial charge in [0.05, 0.1) is 49.2 Å². The third-order valence-electron chi connectivity index (χ3n) is 14.5. The van der Waals surface area contributed by atoms with Crippen LogP contribution in [-0.4, -0.2) is 102 Å². The fourth-order valence-electron chi connectivity index (χ4n) is 8.75. The monoisotopic (exact) mass is 1530 g/mol. The molecule has 5 amide bonds. The summed E-state index contributed by atoms with van der Waals surface area (Å²) in [6.45, 7) is 0.511. The number of alkyl halides is 4. The number of carbonyl (C=O) groups excluding carboxylic acids is 4. The van der Waals surface area contributed by atoms with Crippen molar-refractivity contribution in [3.8, 4) is 40.4 Å². The van der Waals surface area contributed by atoms with Gasteiger partial charge >= 0.3 is 11.7 Å². The first-order chi connectivity index (χ1) is 45.9. The van der Waals surface area contributed by atoms with Gasteiger partial charge in [0.1, 0.15) is 23.0 Å². The fourth-order valence-corrected chi connectivity index (χ4v) is 13.8. The van der Waals surface area contributed by atoms with Crippen molar-refractivity contribution >= 4 is 112 Å². The quantitative estimate of drug-likeness (QED) is 0.0185. The van der Waals surface area contributed by atoms with Crippen LogP contribution >= 0.6 is 62.3 Å². The highest BCUT2D eigenvalue weighted by molar-refractivity contribution is 9.10. The molecule has 97 heavy (non-hydrogen) atoms. The second-order valence-electron chi connectivity index (χ2n) is 22.3. The van der Waals surface area contributed by atoms with Crippen LogP contribution in [0.15, 0.2) is 133 Å². The number of hydrogen-bond acceptors (Lipinski definition) is 18. The number of benzene rings is 4. The molecule has 9 N–H and O–H groups in total. The molecule has 514 valence electrons. The number of pyridine rings is 2. The van der Waals surface area contributed by atoms with E-state index >= 15 is 0 Å². The number of aromatic nitrogens is 5. The predicted octanol–water partition coefficient (Wildman–Crippen LogP) is 9.59. The number of aromatic amines is 1. The zero-order valence-electron chi connectivity index (χ0n) is 50.0. The third kappa shape index (κ3) is 20.0. The molecule has 0 aliphatic heterocycles. The number of amides is 5. The van der Waals surface area contributed by atoms with Crippen LogP contribution in [0.2, 0.25) is 20.1 Å². The van der Waals surface area contributed by atoms with E-state index in [1.54, 1.807) is 41.4 Å². The molecular weight excluding hydrogens is 1470 g/mol. The molecule has 4 aliphatic carbocycles. The van der Waals surface area contributed by atoms with E-state index in [-0.39, 0.29) is 120 Å². The maximum atomic E-state index is 13.8. The number of urea groups is 1.